The van der Waals surface area contributed by atoms with E-state index in [1.54, 1.807) is 38.1 Å². The zero-order valence-corrected chi connectivity index (χ0v) is 12.9. The number of rotatable bonds is 8. The third-order valence-electron chi connectivity index (χ3n) is 2.43. The van der Waals surface area contributed by atoms with E-state index in [0.717, 1.165) is 0 Å². The number of ether oxygens (including phenoxy) is 1. The molecular weight excluding hydrogens is 294 g/mol. The van der Waals surface area contributed by atoms with Gasteiger partial charge in [0.1, 0.15) is 12.4 Å². The van der Waals surface area contributed by atoms with E-state index in [-0.39, 0.29) is 30.9 Å². The molecule has 1 rings (SSSR count). The SMILES string of the molecule is CC(C)NC(=O)CNS(=O)(=O)CCOc1ccccc1N. The number of para-hydroxylation sites is 2. The lowest BCUT2D eigenvalue weighted by molar-refractivity contribution is -0.120. The van der Waals surface area contributed by atoms with Gasteiger partial charge < -0.3 is 15.8 Å². The third kappa shape index (κ3) is 6.96. The minimum Gasteiger partial charge on any atom is -0.490 e. The number of carbonyl (C=O) groups excluding carboxylic acids is 1. The summed E-state index contributed by atoms with van der Waals surface area (Å²) in [5, 5.41) is 2.59. The summed E-state index contributed by atoms with van der Waals surface area (Å²) >= 11 is 0. The Morgan fingerprint density at radius 2 is 2.00 bits per heavy atom. The molecule has 0 heterocycles. The van der Waals surface area contributed by atoms with Crippen molar-refractivity contribution >= 4 is 21.6 Å². The highest BCUT2D eigenvalue weighted by Gasteiger charge is 2.13. The number of carbonyl (C=O) groups is 1. The normalized spacial score (nSPS) is 11.4. The Bertz CT molecular complexity index is 573. The van der Waals surface area contributed by atoms with Gasteiger partial charge in [0.15, 0.2) is 0 Å². The molecule has 0 saturated carbocycles. The van der Waals surface area contributed by atoms with Gasteiger partial charge in [-0.3, -0.25) is 4.79 Å². The highest BCUT2D eigenvalue weighted by Crippen LogP contribution is 2.19. The van der Waals surface area contributed by atoms with Gasteiger partial charge in [0, 0.05) is 6.04 Å². The van der Waals surface area contributed by atoms with Crippen LogP contribution in [0.2, 0.25) is 0 Å². The molecule has 0 saturated heterocycles. The number of benzene rings is 1. The predicted octanol–water partition coefficient (Wildman–Crippen LogP) is 0.0916. The second kappa shape index (κ2) is 7.84. The number of hydrogen-bond acceptors (Lipinski definition) is 5. The Hall–Kier alpha value is -1.80. The van der Waals surface area contributed by atoms with E-state index in [1.165, 1.54) is 0 Å². The van der Waals surface area contributed by atoms with Crippen LogP contribution in [0.15, 0.2) is 24.3 Å². The number of nitrogen functional groups attached to an aromatic ring is 1. The van der Waals surface area contributed by atoms with E-state index in [0.29, 0.717) is 11.4 Å². The molecule has 0 aromatic heterocycles. The zero-order valence-electron chi connectivity index (χ0n) is 12.1. The van der Waals surface area contributed by atoms with Crippen LogP contribution in [-0.4, -0.2) is 39.3 Å². The lowest BCUT2D eigenvalue weighted by Gasteiger charge is -2.11. The van der Waals surface area contributed by atoms with Gasteiger partial charge in [-0.1, -0.05) is 12.1 Å². The van der Waals surface area contributed by atoms with Crippen LogP contribution >= 0.6 is 0 Å². The van der Waals surface area contributed by atoms with Crippen LogP contribution < -0.4 is 20.5 Å². The van der Waals surface area contributed by atoms with Crippen molar-refractivity contribution in [2.24, 2.45) is 0 Å². The average Bonchev–Trinajstić information content (AvgIpc) is 2.38. The molecule has 118 valence electrons. The van der Waals surface area contributed by atoms with E-state index < -0.39 is 10.0 Å². The molecule has 7 nitrogen and oxygen atoms in total. The van der Waals surface area contributed by atoms with Crippen molar-refractivity contribution in [2.45, 2.75) is 19.9 Å². The van der Waals surface area contributed by atoms with E-state index in [9.17, 15) is 13.2 Å². The summed E-state index contributed by atoms with van der Waals surface area (Å²) in [7, 11) is -3.57. The minimum atomic E-state index is -3.57. The van der Waals surface area contributed by atoms with Crippen molar-refractivity contribution in [3.05, 3.63) is 24.3 Å². The minimum absolute atomic E-state index is 0.0357. The molecule has 0 aliphatic heterocycles. The van der Waals surface area contributed by atoms with E-state index in [4.69, 9.17) is 10.5 Å². The van der Waals surface area contributed by atoms with Crippen LogP contribution in [0.4, 0.5) is 5.69 Å². The molecule has 1 amide bonds. The predicted molar refractivity (Wildman–Crippen MR) is 81.4 cm³/mol. The lowest BCUT2D eigenvalue weighted by Crippen LogP contribution is -2.41. The van der Waals surface area contributed by atoms with Gasteiger partial charge in [0.2, 0.25) is 15.9 Å². The fourth-order valence-corrected chi connectivity index (χ4v) is 2.29. The van der Waals surface area contributed by atoms with Gasteiger partial charge in [-0.25, -0.2) is 13.1 Å². The molecule has 1 aromatic carbocycles. The second-order valence-electron chi connectivity index (χ2n) is 4.75. The van der Waals surface area contributed by atoms with Crippen molar-refractivity contribution in [1.29, 1.82) is 0 Å². The molecule has 0 spiro atoms. The molecule has 0 radical (unpaired) electrons. The molecule has 21 heavy (non-hydrogen) atoms. The molecule has 0 aliphatic rings. The van der Waals surface area contributed by atoms with Gasteiger partial charge in [-0.15, -0.1) is 0 Å². The molecule has 0 unspecified atom stereocenters. The van der Waals surface area contributed by atoms with Gasteiger partial charge in [0.05, 0.1) is 18.0 Å². The summed E-state index contributed by atoms with van der Waals surface area (Å²) in [6.45, 7) is 3.26. The molecular formula is C13H21N3O4S. The van der Waals surface area contributed by atoms with E-state index in [2.05, 4.69) is 10.0 Å². The maximum absolute atomic E-state index is 11.7. The number of amides is 1. The number of hydrogen-bond donors (Lipinski definition) is 3. The number of sulfonamides is 1. The maximum atomic E-state index is 11.7. The van der Waals surface area contributed by atoms with Crippen LogP contribution in [0.5, 0.6) is 5.75 Å². The van der Waals surface area contributed by atoms with Crippen molar-refractivity contribution in [3.63, 3.8) is 0 Å². The molecule has 0 aliphatic carbocycles. The first-order valence-corrected chi connectivity index (χ1v) is 8.19. The summed E-state index contributed by atoms with van der Waals surface area (Å²) in [4.78, 5) is 11.4. The molecule has 1 aromatic rings. The average molecular weight is 315 g/mol. The largest absolute Gasteiger partial charge is 0.490 e. The molecule has 8 heteroatoms. The highest BCUT2D eigenvalue weighted by molar-refractivity contribution is 7.89. The lowest BCUT2D eigenvalue weighted by atomic mass is 10.3. The first-order valence-electron chi connectivity index (χ1n) is 6.54. The fourth-order valence-electron chi connectivity index (χ4n) is 1.49. The van der Waals surface area contributed by atoms with Gasteiger partial charge >= 0.3 is 0 Å². The van der Waals surface area contributed by atoms with E-state index >= 15 is 0 Å². The van der Waals surface area contributed by atoms with Crippen molar-refractivity contribution in [3.8, 4) is 5.75 Å². The maximum Gasteiger partial charge on any atom is 0.235 e. The first-order chi connectivity index (χ1) is 9.80. The third-order valence-corrected chi connectivity index (χ3v) is 3.72. The van der Waals surface area contributed by atoms with Crippen LogP contribution in [0.3, 0.4) is 0 Å². The smallest absolute Gasteiger partial charge is 0.235 e. The fraction of sp³-hybridized carbons (Fsp3) is 0.462. The van der Waals surface area contributed by atoms with Crippen LogP contribution in [0.1, 0.15) is 13.8 Å². The Morgan fingerprint density at radius 3 is 2.62 bits per heavy atom. The van der Waals surface area contributed by atoms with Crippen molar-refractivity contribution in [1.82, 2.24) is 10.0 Å². The van der Waals surface area contributed by atoms with Crippen LogP contribution in [0, 0.1) is 0 Å². The number of nitrogens with two attached hydrogens (primary N) is 1. The standard InChI is InChI=1S/C13H21N3O4S/c1-10(2)16-13(17)9-15-21(18,19)8-7-20-12-6-4-3-5-11(12)14/h3-6,10,15H,7-9,14H2,1-2H3,(H,16,17). The van der Waals surface area contributed by atoms with Crippen molar-refractivity contribution in [2.75, 3.05) is 24.6 Å². The first kappa shape index (κ1) is 17.3. The van der Waals surface area contributed by atoms with E-state index in [1.807, 2.05) is 0 Å². The monoisotopic (exact) mass is 315 g/mol. The Balaban J connectivity index is 2.36. The molecule has 4 N–H and O–H groups in total. The number of anilines is 1. The summed E-state index contributed by atoms with van der Waals surface area (Å²) in [5.74, 6) is -0.192. The Morgan fingerprint density at radius 1 is 1.33 bits per heavy atom. The highest BCUT2D eigenvalue weighted by atomic mass is 32.2. The number of nitrogens with one attached hydrogen (secondary N) is 2. The van der Waals surface area contributed by atoms with Gasteiger partial charge in [0.25, 0.3) is 0 Å². The topological polar surface area (TPSA) is 111 Å². The van der Waals surface area contributed by atoms with Crippen molar-refractivity contribution < 1.29 is 17.9 Å². The summed E-state index contributed by atoms with van der Waals surface area (Å²) in [6, 6.07) is 6.79. The van der Waals surface area contributed by atoms with Gasteiger partial charge in [-0.05, 0) is 26.0 Å². The zero-order chi connectivity index (χ0) is 15.9. The summed E-state index contributed by atoms with van der Waals surface area (Å²) in [6.07, 6.45) is 0. The van der Waals surface area contributed by atoms with Crippen LogP contribution in [-0.2, 0) is 14.8 Å². The Kier molecular flexibility index (Phi) is 6.44. The molecule has 0 fully saturated rings. The second-order valence-corrected chi connectivity index (χ2v) is 6.67. The quantitative estimate of drug-likeness (QED) is 0.589. The summed E-state index contributed by atoms with van der Waals surface area (Å²) < 4.78 is 30.9. The molecule has 0 bridgehead atoms. The van der Waals surface area contributed by atoms with Gasteiger partial charge in [-0.2, -0.15) is 0 Å². The Labute approximate surface area is 124 Å². The molecule has 0 atom stereocenters. The summed E-state index contributed by atoms with van der Waals surface area (Å²) in [5.41, 5.74) is 6.12. The van der Waals surface area contributed by atoms with Crippen LogP contribution in [0.25, 0.3) is 0 Å².